The molecule has 5 nitrogen and oxygen atoms in total. The van der Waals surface area contributed by atoms with E-state index in [2.05, 4.69) is 21.4 Å². The van der Waals surface area contributed by atoms with Crippen molar-refractivity contribution in [1.29, 1.82) is 0 Å². The molecule has 4 rings (SSSR count). The average Bonchev–Trinajstić information content (AvgIpc) is 3.04. The van der Waals surface area contributed by atoms with E-state index in [4.69, 9.17) is 11.6 Å². The van der Waals surface area contributed by atoms with Crippen molar-refractivity contribution in [3.8, 4) is 0 Å². The number of hydrogen-bond donors (Lipinski definition) is 1. The van der Waals surface area contributed by atoms with Crippen molar-refractivity contribution in [3.05, 3.63) is 28.9 Å². The molecule has 2 saturated heterocycles. The fraction of sp³-hybridized carbons (Fsp3) is 0.529. The third-order valence-electron chi connectivity index (χ3n) is 5.39. The quantitative estimate of drug-likeness (QED) is 0.918. The molecule has 0 bridgehead atoms. The Bertz CT molecular complexity index is 761. The van der Waals surface area contributed by atoms with Crippen LogP contribution in [0.2, 0.25) is 5.02 Å². The Kier molecular flexibility index (Phi) is 3.58. The highest BCUT2D eigenvalue weighted by molar-refractivity contribution is 6.35. The minimum atomic E-state index is 0.192. The van der Waals surface area contributed by atoms with Crippen LogP contribution >= 0.6 is 11.6 Å². The molecular weight excluding hydrogens is 312 g/mol. The number of carbonyl (C=O) groups excluding carboxylic acids is 1. The molecule has 1 amide bonds. The van der Waals surface area contributed by atoms with E-state index in [1.165, 1.54) is 0 Å². The second-order valence-corrected chi connectivity index (χ2v) is 7.34. The van der Waals surface area contributed by atoms with E-state index in [0.717, 1.165) is 60.6 Å². The monoisotopic (exact) mass is 332 g/mol. The summed E-state index contributed by atoms with van der Waals surface area (Å²) in [5.74, 6) is 0.209. The van der Waals surface area contributed by atoms with Gasteiger partial charge in [-0.05, 0) is 43.5 Å². The van der Waals surface area contributed by atoms with Crippen LogP contribution in [0.15, 0.2) is 18.2 Å². The van der Waals surface area contributed by atoms with Crippen molar-refractivity contribution in [2.45, 2.75) is 25.8 Å². The van der Waals surface area contributed by atoms with Crippen LogP contribution in [-0.4, -0.2) is 40.2 Å². The number of carbonyl (C=O) groups is 1. The molecule has 1 N–H and O–H groups in total. The van der Waals surface area contributed by atoms with E-state index in [-0.39, 0.29) is 11.3 Å². The lowest BCUT2D eigenvalue weighted by Crippen LogP contribution is -2.40. The van der Waals surface area contributed by atoms with Crippen molar-refractivity contribution >= 4 is 28.4 Å². The van der Waals surface area contributed by atoms with Gasteiger partial charge in [-0.2, -0.15) is 5.10 Å². The maximum atomic E-state index is 11.5. The summed E-state index contributed by atoms with van der Waals surface area (Å²) in [6, 6.07) is 5.94. The first-order valence-electron chi connectivity index (χ1n) is 8.16. The van der Waals surface area contributed by atoms with Gasteiger partial charge in [0.25, 0.3) is 0 Å². The van der Waals surface area contributed by atoms with E-state index in [1.54, 1.807) is 0 Å². The number of nitrogens with zero attached hydrogens (tertiary/aromatic N) is 3. The van der Waals surface area contributed by atoms with E-state index < -0.39 is 0 Å². The van der Waals surface area contributed by atoms with E-state index in [0.29, 0.717) is 6.42 Å². The van der Waals surface area contributed by atoms with Gasteiger partial charge in [-0.25, -0.2) is 0 Å². The largest absolute Gasteiger partial charge is 0.356 e. The number of benzene rings is 1. The maximum Gasteiger partial charge on any atom is 0.220 e. The van der Waals surface area contributed by atoms with Crippen LogP contribution in [0.1, 0.15) is 25.0 Å². The minimum absolute atomic E-state index is 0.192. The van der Waals surface area contributed by atoms with Crippen molar-refractivity contribution in [2.75, 3.05) is 19.6 Å². The van der Waals surface area contributed by atoms with Crippen LogP contribution in [-0.2, 0) is 18.4 Å². The molecule has 0 radical (unpaired) electrons. The zero-order chi connectivity index (χ0) is 16.0. The number of rotatable bonds is 2. The van der Waals surface area contributed by atoms with Gasteiger partial charge in [-0.3, -0.25) is 14.4 Å². The molecule has 0 unspecified atom stereocenters. The van der Waals surface area contributed by atoms with Crippen LogP contribution in [0.4, 0.5) is 0 Å². The van der Waals surface area contributed by atoms with Crippen molar-refractivity contribution < 1.29 is 4.79 Å². The zero-order valence-electron chi connectivity index (χ0n) is 13.3. The molecule has 0 saturated carbocycles. The molecule has 1 aromatic heterocycles. The Morgan fingerprint density at radius 2 is 2.13 bits per heavy atom. The van der Waals surface area contributed by atoms with Crippen LogP contribution in [0.25, 0.3) is 10.9 Å². The first-order chi connectivity index (χ1) is 11.1. The smallest absolute Gasteiger partial charge is 0.220 e. The predicted molar refractivity (Wildman–Crippen MR) is 90.3 cm³/mol. The van der Waals surface area contributed by atoms with Gasteiger partial charge in [0.2, 0.25) is 5.91 Å². The molecule has 1 aromatic carbocycles. The fourth-order valence-electron chi connectivity index (χ4n) is 3.97. The summed E-state index contributed by atoms with van der Waals surface area (Å²) in [4.78, 5) is 14.0. The van der Waals surface area contributed by atoms with Gasteiger partial charge in [0, 0.05) is 31.9 Å². The summed E-state index contributed by atoms with van der Waals surface area (Å²) in [6.07, 6.45) is 2.84. The maximum absolute atomic E-state index is 11.5. The molecule has 2 aliphatic heterocycles. The lowest BCUT2D eigenvalue weighted by Gasteiger charge is -2.37. The molecule has 23 heavy (non-hydrogen) atoms. The Balaban J connectivity index is 1.51. The van der Waals surface area contributed by atoms with Gasteiger partial charge in [0.1, 0.15) is 0 Å². The first-order valence-corrected chi connectivity index (χ1v) is 8.53. The number of halogens is 1. The normalized spacial score (nSPS) is 21.2. The Labute approximate surface area is 140 Å². The molecule has 122 valence electrons. The van der Waals surface area contributed by atoms with Crippen molar-refractivity contribution in [3.63, 3.8) is 0 Å². The second kappa shape index (κ2) is 5.49. The number of fused-ring (bicyclic) bond motifs is 1. The highest BCUT2D eigenvalue weighted by Gasteiger charge is 2.40. The summed E-state index contributed by atoms with van der Waals surface area (Å²) in [5, 5.41) is 9.49. The Hall–Kier alpha value is -1.59. The molecule has 3 heterocycles. The molecule has 2 fully saturated rings. The number of amides is 1. The van der Waals surface area contributed by atoms with Crippen LogP contribution in [0.5, 0.6) is 0 Å². The topological polar surface area (TPSA) is 50.2 Å². The number of aryl methyl sites for hydroxylation is 1. The Morgan fingerprint density at radius 3 is 2.83 bits per heavy atom. The van der Waals surface area contributed by atoms with Gasteiger partial charge in [-0.15, -0.1) is 0 Å². The molecule has 6 heteroatoms. The lowest BCUT2D eigenvalue weighted by atomic mass is 9.77. The van der Waals surface area contributed by atoms with E-state index in [9.17, 15) is 4.79 Å². The highest BCUT2D eigenvalue weighted by Crippen LogP contribution is 2.38. The number of aromatic nitrogens is 2. The third kappa shape index (κ3) is 2.62. The van der Waals surface area contributed by atoms with Crippen molar-refractivity contribution in [1.82, 2.24) is 20.0 Å². The van der Waals surface area contributed by atoms with Crippen LogP contribution in [0, 0.1) is 5.41 Å². The van der Waals surface area contributed by atoms with Gasteiger partial charge >= 0.3 is 0 Å². The van der Waals surface area contributed by atoms with Gasteiger partial charge in [0.05, 0.1) is 16.2 Å². The van der Waals surface area contributed by atoms with Crippen LogP contribution < -0.4 is 5.32 Å². The van der Waals surface area contributed by atoms with Gasteiger partial charge < -0.3 is 5.32 Å². The third-order valence-corrected chi connectivity index (χ3v) is 5.70. The lowest BCUT2D eigenvalue weighted by molar-refractivity contribution is -0.119. The molecule has 2 aliphatic rings. The molecule has 1 spiro atoms. The minimum Gasteiger partial charge on any atom is -0.356 e. The first kappa shape index (κ1) is 15.0. The number of likely N-dealkylation sites (tertiary alicyclic amines) is 1. The fourth-order valence-corrected chi connectivity index (χ4v) is 4.24. The molecule has 2 aromatic rings. The standard InChI is InChI=1S/C17H21ClN4O/c1-21-14-4-2-3-12(18)16(14)13(20-21)10-22-7-5-17(6-8-22)9-15(23)19-11-17/h2-4H,5-11H2,1H3,(H,19,23). The SMILES string of the molecule is Cn1nc(CN2CCC3(CC2)CNC(=O)C3)c2c(Cl)cccc21. The zero-order valence-corrected chi connectivity index (χ0v) is 14.1. The molecular formula is C17H21ClN4O. The summed E-state index contributed by atoms with van der Waals surface area (Å²) >= 11 is 6.39. The Morgan fingerprint density at radius 1 is 1.35 bits per heavy atom. The summed E-state index contributed by atoms with van der Waals surface area (Å²) in [7, 11) is 1.96. The number of piperidine rings is 1. The van der Waals surface area contributed by atoms with Crippen LogP contribution in [0.3, 0.4) is 0 Å². The molecule has 0 atom stereocenters. The molecule has 0 aliphatic carbocycles. The van der Waals surface area contributed by atoms with Crippen molar-refractivity contribution in [2.24, 2.45) is 12.5 Å². The van der Waals surface area contributed by atoms with Gasteiger partial charge in [-0.1, -0.05) is 17.7 Å². The second-order valence-electron chi connectivity index (χ2n) is 6.93. The van der Waals surface area contributed by atoms with Gasteiger partial charge in [0.15, 0.2) is 0 Å². The number of hydrogen-bond acceptors (Lipinski definition) is 3. The predicted octanol–water partition coefficient (Wildman–Crippen LogP) is 2.33. The van der Waals surface area contributed by atoms with E-state index in [1.807, 2.05) is 23.9 Å². The summed E-state index contributed by atoms with van der Waals surface area (Å²) < 4.78 is 1.90. The average molecular weight is 333 g/mol. The number of nitrogens with one attached hydrogen (secondary N) is 1. The summed E-state index contributed by atoms with van der Waals surface area (Å²) in [6.45, 7) is 3.69. The van der Waals surface area contributed by atoms with E-state index >= 15 is 0 Å². The summed E-state index contributed by atoms with van der Waals surface area (Å²) in [5.41, 5.74) is 2.31. The highest BCUT2D eigenvalue weighted by atomic mass is 35.5.